The Hall–Kier alpha value is -2.48. The SMILES string of the molecule is CSc1ccc(N(C)C(=O)NC(=O)c2c(F)cccc2F)c(F)c1. The van der Waals surface area contributed by atoms with Crippen molar-refractivity contribution >= 4 is 29.4 Å². The number of carbonyl (C=O) groups is 2. The number of carbonyl (C=O) groups excluding carboxylic acids is 2. The van der Waals surface area contributed by atoms with E-state index in [4.69, 9.17) is 0 Å². The van der Waals surface area contributed by atoms with Crippen LogP contribution in [0.15, 0.2) is 41.3 Å². The molecule has 126 valence electrons. The quantitative estimate of drug-likeness (QED) is 0.853. The summed E-state index contributed by atoms with van der Waals surface area (Å²) in [7, 11) is 1.23. The van der Waals surface area contributed by atoms with E-state index >= 15 is 0 Å². The largest absolute Gasteiger partial charge is 0.328 e. The lowest BCUT2D eigenvalue weighted by Crippen LogP contribution is -2.41. The van der Waals surface area contributed by atoms with Crippen LogP contribution in [0.5, 0.6) is 0 Å². The minimum atomic E-state index is -1.25. The van der Waals surface area contributed by atoms with Crippen LogP contribution >= 0.6 is 11.8 Å². The van der Waals surface area contributed by atoms with Crippen LogP contribution in [0, 0.1) is 17.5 Å². The summed E-state index contributed by atoms with van der Waals surface area (Å²) in [4.78, 5) is 25.4. The van der Waals surface area contributed by atoms with Crippen molar-refractivity contribution in [1.82, 2.24) is 5.32 Å². The number of rotatable bonds is 3. The molecule has 0 saturated carbocycles. The molecule has 0 heterocycles. The van der Waals surface area contributed by atoms with E-state index in [9.17, 15) is 22.8 Å². The molecule has 24 heavy (non-hydrogen) atoms. The molecule has 0 fully saturated rings. The van der Waals surface area contributed by atoms with Crippen LogP contribution in [-0.4, -0.2) is 25.2 Å². The van der Waals surface area contributed by atoms with E-state index < -0.39 is 35.0 Å². The monoisotopic (exact) mass is 354 g/mol. The first kappa shape index (κ1) is 17.9. The molecule has 4 nitrogen and oxygen atoms in total. The van der Waals surface area contributed by atoms with Gasteiger partial charge in [0.05, 0.1) is 5.69 Å². The zero-order chi connectivity index (χ0) is 17.9. The summed E-state index contributed by atoms with van der Waals surface area (Å²) in [6, 6.07) is 6.08. The number of hydrogen-bond donors (Lipinski definition) is 1. The molecule has 0 aliphatic heterocycles. The fourth-order valence-electron chi connectivity index (χ4n) is 1.95. The number of amides is 3. The van der Waals surface area contributed by atoms with Gasteiger partial charge >= 0.3 is 6.03 Å². The molecule has 0 spiro atoms. The average Bonchev–Trinajstić information content (AvgIpc) is 2.53. The normalized spacial score (nSPS) is 10.4. The molecular weight excluding hydrogens is 341 g/mol. The molecule has 0 aromatic heterocycles. The Balaban J connectivity index is 2.19. The van der Waals surface area contributed by atoms with E-state index in [1.165, 1.54) is 30.9 Å². The molecule has 0 atom stereocenters. The molecule has 2 aromatic rings. The summed E-state index contributed by atoms with van der Waals surface area (Å²) < 4.78 is 41.1. The van der Waals surface area contributed by atoms with Crippen molar-refractivity contribution in [3.8, 4) is 0 Å². The minimum absolute atomic E-state index is 0.0768. The van der Waals surface area contributed by atoms with Gasteiger partial charge in [0, 0.05) is 11.9 Å². The summed E-state index contributed by atoms with van der Waals surface area (Å²) in [5.41, 5.74) is -0.954. The lowest BCUT2D eigenvalue weighted by Gasteiger charge is -2.18. The summed E-state index contributed by atoms with van der Waals surface area (Å²) in [5.74, 6) is -4.11. The molecule has 0 saturated heterocycles. The van der Waals surface area contributed by atoms with Crippen LogP contribution in [0.25, 0.3) is 0 Å². The maximum Gasteiger partial charge on any atom is 0.328 e. The fraction of sp³-hybridized carbons (Fsp3) is 0.125. The third-order valence-electron chi connectivity index (χ3n) is 3.23. The van der Waals surface area contributed by atoms with E-state index in [0.717, 1.165) is 23.1 Å². The lowest BCUT2D eigenvalue weighted by atomic mass is 10.2. The van der Waals surface area contributed by atoms with Crippen molar-refractivity contribution in [2.24, 2.45) is 0 Å². The minimum Gasteiger partial charge on any atom is -0.294 e. The van der Waals surface area contributed by atoms with Gasteiger partial charge < -0.3 is 0 Å². The Morgan fingerprint density at radius 3 is 2.21 bits per heavy atom. The van der Waals surface area contributed by atoms with E-state index in [2.05, 4.69) is 0 Å². The van der Waals surface area contributed by atoms with Gasteiger partial charge in [-0.1, -0.05) is 6.07 Å². The van der Waals surface area contributed by atoms with Crippen LogP contribution < -0.4 is 10.2 Å². The highest BCUT2D eigenvalue weighted by molar-refractivity contribution is 7.98. The third kappa shape index (κ3) is 3.70. The standard InChI is InChI=1S/C16H13F3N2O2S/c1-21(13-7-6-9(24-2)8-12(13)19)16(23)20-15(22)14-10(17)4-3-5-11(14)18/h3-8H,1-2H3,(H,20,22,23). The highest BCUT2D eigenvalue weighted by atomic mass is 32.2. The number of halogens is 3. The fourth-order valence-corrected chi connectivity index (χ4v) is 2.38. The molecular formula is C16H13F3N2O2S. The molecule has 0 aliphatic rings. The number of anilines is 1. The zero-order valence-electron chi connectivity index (χ0n) is 12.8. The Kier molecular flexibility index (Phi) is 5.50. The number of thioether (sulfide) groups is 1. The first-order valence-electron chi connectivity index (χ1n) is 6.71. The third-order valence-corrected chi connectivity index (χ3v) is 3.96. The first-order chi connectivity index (χ1) is 11.3. The van der Waals surface area contributed by atoms with Gasteiger partial charge in [-0.15, -0.1) is 11.8 Å². The number of nitrogens with zero attached hydrogens (tertiary/aromatic N) is 1. The highest BCUT2D eigenvalue weighted by Gasteiger charge is 2.22. The van der Waals surface area contributed by atoms with Gasteiger partial charge in [0.15, 0.2) is 0 Å². The van der Waals surface area contributed by atoms with Crippen LogP contribution in [0.1, 0.15) is 10.4 Å². The molecule has 8 heteroatoms. The van der Waals surface area contributed by atoms with Gasteiger partial charge in [0.1, 0.15) is 23.0 Å². The van der Waals surface area contributed by atoms with Crippen molar-refractivity contribution in [3.63, 3.8) is 0 Å². The Labute approximate surface area is 140 Å². The molecule has 0 unspecified atom stereocenters. The Bertz CT molecular complexity index is 779. The molecule has 1 N–H and O–H groups in total. The Morgan fingerprint density at radius 2 is 1.67 bits per heavy atom. The van der Waals surface area contributed by atoms with Gasteiger partial charge in [-0.05, 0) is 36.6 Å². The van der Waals surface area contributed by atoms with Crippen LogP contribution in [0.2, 0.25) is 0 Å². The maximum absolute atomic E-state index is 14.0. The van der Waals surface area contributed by atoms with Gasteiger partial charge in [0.2, 0.25) is 0 Å². The van der Waals surface area contributed by atoms with E-state index in [1.807, 2.05) is 5.32 Å². The van der Waals surface area contributed by atoms with Gasteiger partial charge in [-0.2, -0.15) is 0 Å². The highest BCUT2D eigenvalue weighted by Crippen LogP contribution is 2.24. The molecule has 2 rings (SSSR count). The van der Waals surface area contributed by atoms with E-state index in [0.29, 0.717) is 4.90 Å². The second-order valence-corrected chi connectivity index (χ2v) is 5.61. The van der Waals surface area contributed by atoms with E-state index in [-0.39, 0.29) is 5.69 Å². The number of urea groups is 1. The van der Waals surface area contributed by atoms with Crippen molar-refractivity contribution in [2.45, 2.75) is 4.90 Å². The second-order valence-electron chi connectivity index (χ2n) is 4.73. The summed E-state index contributed by atoms with van der Waals surface area (Å²) in [6.45, 7) is 0. The van der Waals surface area contributed by atoms with Crippen LogP contribution in [0.4, 0.5) is 23.7 Å². The summed E-state index contributed by atoms with van der Waals surface area (Å²) in [6.07, 6.45) is 1.77. The predicted molar refractivity (Wildman–Crippen MR) is 85.8 cm³/mol. The van der Waals surface area contributed by atoms with Crippen LogP contribution in [-0.2, 0) is 0 Å². The first-order valence-corrected chi connectivity index (χ1v) is 7.94. The van der Waals surface area contributed by atoms with E-state index in [1.54, 1.807) is 12.3 Å². The molecule has 0 bridgehead atoms. The van der Waals surface area contributed by atoms with Gasteiger partial charge in [-0.3, -0.25) is 15.0 Å². The Morgan fingerprint density at radius 1 is 1.04 bits per heavy atom. The van der Waals surface area contributed by atoms with Crippen molar-refractivity contribution in [2.75, 3.05) is 18.2 Å². The molecule has 0 radical (unpaired) electrons. The molecule has 2 aromatic carbocycles. The molecule has 3 amide bonds. The number of benzene rings is 2. The number of hydrogen-bond acceptors (Lipinski definition) is 3. The molecule has 0 aliphatic carbocycles. The lowest BCUT2D eigenvalue weighted by molar-refractivity contribution is 0.0957. The topological polar surface area (TPSA) is 49.4 Å². The number of nitrogens with one attached hydrogen (secondary N) is 1. The maximum atomic E-state index is 14.0. The van der Waals surface area contributed by atoms with Crippen molar-refractivity contribution in [3.05, 3.63) is 59.4 Å². The second kappa shape index (κ2) is 7.39. The summed E-state index contributed by atoms with van der Waals surface area (Å²) in [5, 5.41) is 1.83. The van der Waals surface area contributed by atoms with Gasteiger partial charge in [-0.25, -0.2) is 18.0 Å². The number of imide groups is 1. The zero-order valence-corrected chi connectivity index (χ0v) is 13.6. The van der Waals surface area contributed by atoms with Crippen LogP contribution in [0.3, 0.4) is 0 Å². The summed E-state index contributed by atoms with van der Waals surface area (Å²) >= 11 is 1.33. The smallest absolute Gasteiger partial charge is 0.294 e. The van der Waals surface area contributed by atoms with Crippen molar-refractivity contribution in [1.29, 1.82) is 0 Å². The predicted octanol–water partition coefficient (Wildman–Crippen LogP) is 3.81. The average molecular weight is 354 g/mol. The van der Waals surface area contributed by atoms with Gasteiger partial charge in [0.25, 0.3) is 5.91 Å². The van der Waals surface area contributed by atoms with Crippen molar-refractivity contribution < 1.29 is 22.8 Å².